The normalized spacial score (nSPS) is 10.4. The van der Waals surface area contributed by atoms with Crippen molar-refractivity contribution < 1.29 is 4.39 Å². The Kier molecular flexibility index (Phi) is 6.26. The van der Waals surface area contributed by atoms with Gasteiger partial charge in [0.05, 0.1) is 10.0 Å². The number of nitrogens with one attached hydrogen (secondary N) is 2. The molecule has 0 aliphatic carbocycles. The maximum Gasteiger partial charge on any atom is 0.166 e. The van der Waals surface area contributed by atoms with Crippen LogP contribution in [0.1, 0.15) is 11.1 Å². The van der Waals surface area contributed by atoms with Gasteiger partial charge in [0.15, 0.2) is 5.11 Å². The first kappa shape index (κ1) is 17.3. The van der Waals surface area contributed by atoms with E-state index in [1.807, 2.05) is 6.07 Å². The summed E-state index contributed by atoms with van der Waals surface area (Å²) in [6, 6.07) is 9.85. The Hall–Kier alpha value is -1.07. The van der Waals surface area contributed by atoms with E-state index in [1.54, 1.807) is 24.3 Å². The second-order valence-corrected chi connectivity index (χ2v) is 6.18. The molecule has 0 atom stereocenters. The Morgan fingerprint density at radius 2 is 1.68 bits per heavy atom. The molecule has 2 aromatic carbocycles. The molecule has 2 aromatic rings. The predicted octanol–water partition coefficient (Wildman–Crippen LogP) is 4.95. The molecule has 0 radical (unpaired) electrons. The molecular formula is C15H12Cl3FN2S. The maximum atomic E-state index is 13.6. The first-order chi connectivity index (χ1) is 10.5. The fraction of sp³-hybridized carbons (Fsp3) is 0.133. The van der Waals surface area contributed by atoms with E-state index in [9.17, 15) is 4.39 Å². The zero-order valence-electron chi connectivity index (χ0n) is 11.3. The molecule has 0 saturated carbocycles. The summed E-state index contributed by atoms with van der Waals surface area (Å²) in [7, 11) is 0. The van der Waals surface area contributed by atoms with Gasteiger partial charge in [-0.2, -0.15) is 0 Å². The molecule has 0 aromatic heterocycles. The summed E-state index contributed by atoms with van der Waals surface area (Å²) in [5.74, 6) is -0.368. The quantitative estimate of drug-likeness (QED) is 0.737. The van der Waals surface area contributed by atoms with Gasteiger partial charge in [-0.1, -0.05) is 46.9 Å². The van der Waals surface area contributed by atoms with E-state index >= 15 is 0 Å². The third kappa shape index (κ3) is 4.99. The minimum absolute atomic E-state index is 0.274. The molecule has 0 saturated heterocycles. The predicted molar refractivity (Wildman–Crippen MR) is 94.1 cm³/mol. The zero-order chi connectivity index (χ0) is 16.1. The van der Waals surface area contributed by atoms with Crippen molar-refractivity contribution in [1.29, 1.82) is 0 Å². The van der Waals surface area contributed by atoms with Crippen LogP contribution < -0.4 is 10.6 Å². The van der Waals surface area contributed by atoms with Crippen LogP contribution in [0, 0.1) is 5.82 Å². The van der Waals surface area contributed by atoms with Gasteiger partial charge in [-0.05, 0) is 42.0 Å². The van der Waals surface area contributed by atoms with Gasteiger partial charge in [0, 0.05) is 23.7 Å². The molecular weight excluding hydrogens is 366 g/mol. The number of benzene rings is 2. The third-order valence-corrected chi connectivity index (χ3v) is 4.15. The number of rotatable bonds is 4. The van der Waals surface area contributed by atoms with Crippen molar-refractivity contribution in [3.63, 3.8) is 0 Å². The van der Waals surface area contributed by atoms with Gasteiger partial charge in [0.2, 0.25) is 0 Å². The lowest BCUT2D eigenvalue weighted by Gasteiger charge is -2.11. The molecule has 2 nitrogen and oxygen atoms in total. The minimum atomic E-state index is -0.368. The van der Waals surface area contributed by atoms with Crippen LogP contribution in [0.2, 0.25) is 15.1 Å². The summed E-state index contributed by atoms with van der Waals surface area (Å²) in [5, 5.41) is 7.72. The Labute approximate surface area is 148 Å². The number of halogens is 4. The fourth-order valence-electron chi connectivity index (χ4n) is 1.73. The summed E-state index contributed by atoms with van der Waals surface area (Å²) in [6.07, 6.45) is 0. The highest BCUT2D eigenvalue weighted by Crippen LogP contribution is 2.22. The second-order valence-electron chi connectivity index (χ2n) is 4.52. The van der Waals surface area contributed by atoms with E-state index in [-0.39, 0.29) is 12.4 Å². The molecule has 2 N–H and O–H groups in total. The summed E-state index contributed by atoms with van der Waals surface area (Å²) in [5.41, 5.74) is 1.43. The number of thiocarbonyl (C=S) groups is 1. The van der Waals surface area contributed by atoms with Gasteiger partial charge in [-0.15, -0.1) is 0 Å². The molecule has 7 heteroatoms. The molecule has 0 bridgehead atoms. The summed E-state index contributed by atoms with van der Waals surface area (Å²) in [4.78, 5) is 0. The van der Waals surface area contributed by atoms with E-state index < -0.39 is 0 Å². The van der Waals surface area contributed by atoms with Crippen LogP contribution in [-0.4, -0.2) is 5.11 Å². The lowest BCUT2D eigenvalue weighted by atomic mass is 10.2. The maximum absolute atomic E-state index is 13.6. The van der Waals surface area contributed by atoms with E-state index in [0.29, 0.717) is 32.3 Å². The summed E-state index contributed by atoms with van der Waals surface area (Å²) < 4.78 is 13.6. The number of hydrogen-bond donors (Lipinski definition) is 2. The van der Waals surface area contributed by atoms with Gasteiger partial charge in [-0.3, -0.25) is 0 Å². The third-order valence-electron chi connectivity index (χ3n) is 2.89. The van der Waals surface area contributed by atoms with Crippen molar-refractivity contribution in [2.45, 2.75) is 13.1 Å². The van der Waals surface area contributed by atoms with Gasteiger partial charge < -0.3 is 10.6 Å². The molecule has 0 fully saturated rings. The van der Waals surface area contributed by atoms with Gasteiger partial charge >= 0.3 is 0 Å². The number of hydrogen-bond acceptors (Lipinski definition) is 1. The molecule has 2 rings (SSSR count). The van der Waals surface area contributed by atoms with E-state index in [2.05, 4.69) is 10.6 Å². The smallest absolute Gasteiger partial charge is 0.166 e. The summed E-state index contributed by atoms with van der Waals surface area (Å²) in [6.45, 7) is 0.766. The van der Waals surface area contributed by atoms with Crippen LogP contribution in [0.15, 0.2) is 36.4 Å². The average molecular weight is 378 g/mol. The highest BCUT2D eigenvalue weighted by atomic mass is 35.5. The van der Waals surface area contributed by atoms with Crippen molar-refractivity contribution in [2.24, 2.45) is 0 Å². The highest BCUT2D eigenvalue weighted by molar-refractivity contribution is 7.80. The van der Waals surface area contributed by atoms with Crippen LogP contribution in [0.25, 0.3) is 0 Å². The lowest BCUT2D eigenvalue weighted by molar-refractivity contribution is 0.605. The van der Waals surface area contributed by atoms with Crippen molar-refractivity contribution in [3.8, 4) is 0 Å². The van der Waals surface area contributed by atoms with Gasteiger partial charge in [0.25, 0.3) is 0 Å². The molecule has 116 valence electrons. The molecule has 0 unspecified atom stereocenters. The standard InChI is InChI=1S/C15H12Cl3FN2S/c16-11-3-2-10(14(19)6-11)8-21-15(22)20-7-9-1-4-12(17)13(18)5-9/h1-6H,7-8H2,(H2,20,21,22). The van der Waals surface area contributed by atoms with Gasteiger partial charge in [0.1, 0.15) is 5.82 Å². The SMILES string of the molecule is Fc1cc(Cl)ccc1CNC(=S)NCc1ccc(Cl)c(Cl)c1. The van der Waals surface area contributed by atoms with Crippen LogP contribution in [-0.2, 0) is 13.1 Å². The molecule has 0 spiro atoms. The second kappa shape index (κ2) is 7.97. The molecule has 0 aliphatic heterocycles. The van der Waals surface area contributed by atoms with Crippen LogP contribution >= 0.6 is 47.0 Å². The van der Waals surface area contributed by atoms with Crippen molar-refractivity contribution in [2.75, 3.05) is 0 Å². The average Bonchev–Trinajstić information content (AvgIpc) is 2.47. The fourth-order valence-corrected chi connectivity index (χ4v) is 2.36. The van der Waals surface area contributed by atoms with Crippen molar-refractivity contribution in [1.82, 2.24) is 10.6 Å². The minimum Gasteiger partial charge on any atom is -0.359 e. The van der Waals surface area contributed by atoms with E-state index in [0.717, 1.165) is 5.56 Å². The van der Waals surface area contributed by atoms with Crippen molar-refractivity contribution in [3.05, 3.63) is 68.4 Å². The molecule has 0 heterocycles. The van der Waals surface area contributed by atoms with E-state index in [1.165, 1.54) is 6.07 Å². The highest BCUT2D eigenvalue weighted by Gasteiger charge is 2.04. The van der Waals surface area contributed by atoms with Crippen molar-refractivity contribution >= 4 is 52.1 Å². The molecule has 0 aliphatic rings. The van der Waals surface area contributed by atoms with E-state index in [4.69, 9.17) is 47.0 Å². The topological polar surface area (TPSA) is 24.1 Å². The molecule has 22 heavy (non-hydrogen) atoms. The van der Waals surface area contributed by atoms with Crippen LogP contribution in [0.3, 0.4) is 0 Å². The molecule has 0 amide bonds. The lowest BCUT2D eigenvalue weighted by Crippen LogP contribution is -2.34. The van der Waals surface area contributed by atoms with Crippen LogP contribution in [0.5, 0.6) is 0 Å². The van der Waals surface area contributed by atoms with Gasteiger partial charge in [-0.25, -0.2) is 4.39 Å². The summed E-state index contributed by atoms with van der Waals surface area (Å²) >= 11 is 22.6. The first-order valence-corrected chi connectivity index (χ1v) is 7.89. The Balaban J connectivity index is 1.84. The monoisotopic (exact) mass is 376 g/mol. The first-order valence-electron chi connectivity index (χ1n) is 6.35. The Morgan fingerprint density at radius 3 is 2.36 bits per heavy atom. The zero-order valence-corrected chi connectivity index (χ0v) is 14.4. The Bertz CT molecular complexity index is 694. The largest absolute Gasteiger partial charge is 0.359 e. The Morgan fingerprint density at radius 1 is 0.955 bits per heavy atom. The van der Waals surface area contributed by atoms with Crippen LogP contribution in [0.4, 0.5) is 4.39 Å².